The van der Waals surface area contributed by atoms with E-state index in [1.807, 2.05) is 12.1 Å². The maximum atomic E-state index is 11.8. The first kappa shape index (κ1) is 14.7. The van der Waals surface area contributed by atoms with Crippen molar-refractivity contribution in [2.45, 2.75) is 0 Å². The van der Waals surface area contributed by atoms with Crippen LogP contribution in [0.1, 0.15) is 5.56 Å². The van der Waals surface area contributed by atoms with Crippen LogP contribution in [0.2, 0.25) is 0 Å². The van der Waals surface area contributed by atoms with Crippen molar-refractivity contribution in [3.05, 3.63) is 51.3 Å². The normalized spacial score (nSPS) is 10.7. The molecule has 0 radical (unpaired) electrons. The number of carbonyl (C=O) groups is 1. The zero-order chi connectivity index (χ0) is 14.5. The number of hydrogen-bond donors (Lipinski definition) is 2. The summed E-state index contributed by atoms with van der Waals surface area (Å²) in [5.41, 5.74) is 7.15. The van der Waals surface area contributed by atoms with E-state index in [9.17, 15) is 4.79 Å². The van der Waals surface area contributed by atoms with Crippen molar-refractivity contribution >= 4 is 55.3 Å². The van der Waals surface area contributed by atoms with Crippen molar-refractivity contribution in [3.63, 3.8) is 0 Å². The third-order valence-corrected chi connectivity index (χ3v) is 3.24. The molecule has 0 aliphatic rings. The number of benzene rings is 1. The molecule has 0 spiro atoms. The van der Waals surface area contributed by atoms with Crippen LogP contribution < -0.4 is 11.1 Å². The minimum absolute atomic E-state index is 0.292. The number of amides is 1. The van der Waals surface area contributed by atoms with E-state index >= 15 is 0 Å². The Balaban J connectivity index is 2.03. The SMILES string of the molecule is Nc1ccc(/C=C/C(=O)Nc2ncc(Br)nc2Br)cc1. The molecule has 3 N–H and O–H groups in total. The molecule has 0 saturated heterocycles. The summed E-state index contributed by atoms with van der Waals surface area (Å²) in [5.74, 6) is 0.0688. The standard InChI is InChI=1S/C13H10Br2N4O/c14-10-7-17-13(12(15)18-10)19-11(20)6-3-8-1-4-9(16)5-2-8/h1-7H,16H2,(H,17,19,20)/b6-3+. The van der Waals surface area contributed by atoms with Crippen LogP contribution in [-0.2, 0) is 4.79 Å². The number of carbonyl (C=O) groups excluding carboxylic acids is 1. The van der Waals surface area contributed by atoms with E-state index in [1.54, 1.807) is 18.2 Å². The van der Waals surface area contributed by atoms with Crippen LogP contribution in [0.25, 0.3) is 6.08 Å². The Bertz CT molecular complexity index is 656. The first-order valence-corrected chi connectivity index (χ1v) is 7.16. The molecule has 1 heterocycles. The molecule has 1 amide bonds. The fraction of sp³-hybridized carbons (Fsp3) is 0. The van der Waals surface area contributed by atoms with E-state index in [4.69, 9.17) is 5.73 Å². The third kappa shape index (κ3) is 4.14. The Hall–Kier alpha value is -1.73. The van der Waals surface area contributed by atoms with Crippen molar-refractivity contribution in [1.82, 2.24) is 9.97 Å². The summed E-state index contributed by atoms with van der Waals surface area (Å²) < 4.78 is 1.04. The molecule has 2 rings (SSSR count). The number of nitrogens with two attached hydrogens (primary N) is 1. The smallest absolute Gasteiger partial charge is 0.249 e. The van der Waals surface area contributed by atoms with Crippen LogP contribution in [0, 0.1) is 0 Å². The molecular weight excluding hydrogens is 388 g/mol. The molecule has 1 aromatic heterocycles. The number of hydrogen-bond acceptors (Lipinski definition) is 4. The van der Waals surface area contributed by atoms with Gasteiger partial charge in [0.15, 0.2) is 5.82 Å². The van der Waals surface area contributed by atoms with E-state index in [-0.39, 0.29) is 5.91 Å². The summed E-state index contributed by atoms with van der Waals surface area (Å²) >= 11 is 6.41. The lowest BCUT2D eigenvalue weighted by atomic mass is 10.2. The van der Waals surface area contributed by atoms with Gasteiger partial charge in [-0.25, -0.2) is 9.97 Å². The second kappa shape index (κ2) is 6.62. The molecule has 2 aromatic rings. The average molecular weight is 398 g/mol. The first-order valence-electron chi connectivity index (χ1n) is 5.57. The number of nitrogens with one attached hydrogen (secondary N) is 1. The Labute approximate surface area is 132 Å². The van der Waals surface area contributed by atoms with Gasteiger partial charge >= 0.3 is 0 Å². The highest BCUT2D eigenvalue weighted by atomic mass is 79.9. The number of rotatable bonds is 3. The molecule has 7 heteroatoms. The third-order valence-electron chi connectivity index (χ3n) is 2.31. The van der Waals surface area contributed by atoms with Crippen molar-refractivity contribution in [1.29, 1.82) is 0 Å². The van der Waals surface area contributed by atoms with Crippen LogP contribution in [0.4, 0.5) is 11.5 Å². The second-order valence-corrected chi connectivity index (χ2v) is 5.39. The van der Waals surface area contributed by atoms with Gasteiger partial charge in [-0.2, -0.15) is 0 Å². The number of anilines is 2. The van der Waals surface area contributed by atoms with Gasteiger partial charge in [0.1, 0.15) is 9.21 Å². The highest BCUT2D eigenvalue weighted by Gasteiger charge is 2.06. The fourth-order valence-electron chi connectivity index (χ4n) is 1.37. The maximum absolute atomic E-state index is 11.8. The summed E-state index contributed by atoms with van der Waals surface area (Å²) in [6, 6.07) is 7.20. The molecule has 102 valence electrons. The number of aromatic nitrogens is 2. The lowest BCUT2D eigenvalue weighted by Gasteiger charge is -2.03. The van der Waals surface area contributed by atoms with Gasteiger partial charge in [-0.15, -0.1) is 0 Å². The molecule has 1 aromatic carbocycles. The van der Waals surface area contributed by atoms with Gasteiger partial charge < -0.3 is 11.1 Å². The van der Waals surface area contributed by atoms with E-state index in [0.717, 1.165) is 5.56 Å². The Morgan fingerprint density at radius 2 is 1.95 bits per heavy atom. The van der Waals surface area contributed by atoms with E-state index in [2.05, 4.69) is 47.1 Å². The van der Waals surface area contributed by atoms with Gasteiger partial charge in [0.05, 0.1) is 6.20 Å². The van der Waals surface area contributed by atoms with Gasteiger partial charge in [0.2, 0.25) is 5.91 Å². The Morgan fingerprint density at radius 3 is 2.60 bits per heavy atom. The highest BCUT2D eigenvalue weighted by molar-refractivity contribution is 9.11. The minimum Gasteiger partial charge on any atom is -0.399 e. The lowest BCUT2D eigenvalue weighted by molar-refractivity contribution is -0.111. The van der Waals surface area contributed by atoms with E-state index < -0.39 is 0 Å². The van der Waals surface area contributed by atoms with Gasteiger partial charge in [0, 0.05) is 11.8 Å². The van der Waals surface area contributed by atoms with Gasteiger partial charge in [-0.05, 0) is 55.6 Å². The molecule has 0 bridgehead atoms. The van der Waals surface area contributed by atoms with E-state index in [0.29, 0.717) is 20.7 Å². The van der Waals surface area contributed by atoms with Crippen molar-refractivity contribution in [2.75, 3.05) is 11.1 Å². The Morgan fingerprint density at radius 1 is 1.25 bits per heavy atom. The molecule has 20 heavy (non-hydrogen) atoms. The van der Waals surface area contributed by atoms with Crippen LogP contribution in [0.5, 0.6) is 0 Å². The van der Waals surface area contributed by atoms with Crippen LogP contribution >= 0.6 is 31.9 Å². The molecule has 0 aliphatic heterocycles. The van der Waals surface area contributed by atoms with Crippen molar-refractivity contribution in [3.8, 4) is 0 Å². The predicted molar refractivity (Wildman–Crippen MR) is 86.0 cm³/mol. The molecule has 0 saturated carbocycles. The zero-order valence-electron chi connectivity index (χ0n) is 10.2. The minimum atomic E-state index is -0.292. The highest BCUT2D eigenvalue weighted by Crippen LogP contribution is 2.19. The van der Waals surface area contributed by atoms with Crippen LogP contribution in [0.3, 0.4) is 0 Å². The van der Waals surface area contributed by atoms with Crippen molar-refractivity contribution < 1.29 is 4.79 Å². The number of halogens is 2. The summed E-state index contributed by atoms with van der Waals surface area (Å²) in [4.78, 5) is 19.9. The predicted octanol–water partition coefficient (Wildman–Crippen LogP) is 3.24. The fourth-order valence-corrected chi connectivity index (χ4v) is 2.28. The number of nitrogen functional groups attached to an aromatic ring is 1. The number of nitrogens with zero attached hydrogens (tertiary/aromatic N) is 2. The lowest BCUT2D eigenvalue weighted by Crippen LogP contribution is -2.10. The van der Waals surface area contributed by atoms with E-state index in [1.165, 1.54) is 12.3 Å². The second-order valence-electron chi connectivity index (χ2n) is 3.82. The molecule has 0 aliphatic carbocycles. The maximum Gasteiger partial charge on any atom is 0.249 e. The first-order chi connectivity index (χ1) is 9.54. The zero-order valence-corrected chi connectivity index (χ0v) is 13.3. The summed E-state index contributed by atoms with van der Waals surface area (Å²) in [6.07, 6.45) is 4.61. The summed E-state index contributed by atoms with van der Waals surface area (Å²) in [7, 11) is 0. The van der Waals surface area contributed by atoms with Gasteiger partial charge in [-0.3, -0.25) is 4.79 Å². The largest absolute Gasteiger partial charge is 0.399 e. The van der Waals surface area contributed by atoms with Gasteiger partial charge in [-0.1, -0.05) is 12.1 Å². The topological polar surface area (TPSA) is 80.9 Å². The molecule has 0 atom stereocenters. The molecule has 0 fully saturated rings. The monoisotopic (exact) mass is 396 g/mol. The van der Waals surface area contributed by atoms with Crippen LogP contribution in [-0.4, -0.2) is 15.9 Å². The molecular formula is C13H10Br2N4O. The van der Waals surface area contributed by atoms with Gasteiger partial charge in [0.25, 0.3) is 0 Å². The average Bonchev–Trinajstić information content (AvgIpc) is 2.41. The molecule has 0 unspecified atom stereocenters. The van der Waals surface area contributed by atoms with Crippen molar-refractivity contribution in [2.24, 2.45) is 0 Å². The van der Waals surface area contributed by atoms with Crippen LogP contribution in [0.15, 0.2) is 45.7 Å². The summed E-state index contributed by atoms with van der Waals surface area (Å²) in [5, 5.41) is 2.63. The Kier molecular flexibility index (Phi) is 4.86. The quantitative estimate of drug-likeness (QED) is 0.615. The summed E-state index contributed by atoms with van der Waals surface area (Å²) in [6.45, 7) is 0. The molecule has 5 nitrogen and oxygen atoms in total.